The molecular weight excluding hydrogens is 170 g/mol. The topological polar surface area (TPSA) is 33.1 Å². The van der Waals surface area contributed by atoms with Crippen LogP contribution in [0.2, 0.25) is 0 Å². The van der Waals surface area contributed by atoms with Crippen LogP contribution in [0.25, 0.3) is 0 Å². The van der Waals surface area contributed by atoms with Crippen molar-refractivity contribution in [2.24, 2.45) is 0 Å². The Kier molecular flexibility index (Phi) is 2.15. The second-order valence-corrected chi connectivity index (χ2v) is 4.30. The van der Waals surface area contributed by atoms with Gasteiger partial charge in [-0.3, -0.25) is 0 Å². The maximum Gasteiger partial charge on any atom is 0.0929 e. The molecule has 1 aliphatic rings. The molecule has 0 aliphatic heterocycles. The number of hydrogen-bond donors (Lipinski definition) is 1. The molecule has 0 bridgehead atoms. The number of aromatic nitrogens is 1. The maximum atomic E-state index is 9.64. The number of nitrogens with zero attached hydrogens (tertiary/aromatic N) is 1. The normalized spacial score (nSPS) is 22.3. The molecule has 0 aromatic carbocycles. The first-order valence-electron chi connectivity index (χ1n) is 4.47. The summed E-state index contributed by atoms with van der Waals surface area (Å²) in [6.07, 6.45) is 3.82. The molecule has 66 valence electrons. The number of rotatable bonds is 1. The van der Waals surface area contributed by atoms with Gasteiger partial charge in [-0.15, -0.1) is 11.3 Å². The Morgan fingerprint density at radius 1 is 1.67 bits per heavy atom. The van der Waals surface area contributed by atoms with E-state index in [4.69, 9.17) is 0 Å². The highest BCUT2D eigenvalue weighted by Gasteiger charge is 2.21. The van der Waals surface area contributed by atoms with Crippen LogP contribution >= 0.6 is 11.3 Å². The van der Waals surface area contributed by atoms with E-state index < -0.39 is 0 Å². The van der Waals surface area contributed by atoms with Crippen LogP contribution in [0.4, 0.5) is 0 Å². The van der Waals surface area contributed by atoms with Crippen molar-refractivity contribution < 1.29 is 5.11 Å². The fourth-order valence-corrected chi connectivity index (χ4v) is 2.67. The lowest BCUT2D eigenvalue weighted by Gasteiger charge is -2.14. The van der Waals surface area contributed by atoms with E-state index in [0.29, 0.717) is 0 Å². The average Bonchev–Trinajstić information content (AvgIpc) is 2.49. The monoisotopic (exact) mass is 183 g/mol. The molecule has 2 nitrogen and oxygen atoms in total. The largest absolute Gasteiger partial charge is 0.388 e. The fourth-order valence-electron chi connectivity index (χ4n) is 1.60. The molecule has 0 saturated carbocycles. The van der Waals surface area contributed by atoms with Gasteiger partial charge >= 0.3 is 0 Å². The van der Waals surface area contributed by atoms with Crippen molar-refractivity contribution in [1.82, 2.24) is 4.98 Å². The zero-order valence-corrected chi connectivity index (χ0v) is 8.02. The molecule has 1 aromatic rings. The number of fused-ring (bicyclic) bond motifs is 1. The Labute approximate surface area is 76.3 Å². The van der Waals surface area contributed by atoms with Gasteiger partial charge in [0.05, 0.1) is 21.7 Å². The van der Waals surface area contributed by atoms with Gasteiger partial charge in [-0.2, -0.15) is 0 Å². The number of thiazole rings is 1. The average molecular weight is 183 g/mol. The van der Waals surface area contributed by atoms with Crippen molar-refractivity contribution in [3.63, 3.8) is 0 Å². The van der Waals surface area contributed by atoms with Crippen molar-refractivity contribution in [2.75, 3.05) is 0 Å². The molecule has 12 heavy (non-hydrogen) atoms. The number of aliphatic hydroxyl groups is 1. The van der Waals surface area contributed by atoms with Crippen LogP contribution < -0.4 is 0 Å². The molecule has 1 heterocycles. The first kappa shape index (κ1) is 8.20. The Hall–Kier alpha value is -0.410. The molecule has 1 aromatic heterocycles. The Morgan fingerprint density at radius 2 is 2.50 bits per heavy atom. The SMILES string of the molecule is CCc1nc2c(s1)C(O)CCC2. The van der Waals surface area contributed by atoms with Gasteiger partial charge in [0.2, 0.25) is 0 Å². The van der Waals surface area contributed by atoms with Crippen LogP contribution in [-0.4, -0.2) is 10.1 Å². The van der Waals surface area contributed by atoms with E-state index in [2.05, 4.69) is 11.9 Å². The zero-order valence-electron chi connectivity index (χ0n) is 7.21. The van der Waals surface area contributed by atoms with E-state index in [0.717, 1.165) is 36.3 Å². The number of aliphatic hydroxyl groups excluding tert-OH is 1. The molecule has 0 spiro atoms. The third-order valence-electron chi connectivity index (χ3n) is 2.27. The summed E-state index contributed by atoms with van der Waals surface area (Å²) in [5, 5.41) is 10.8. The van der Waals surface area contributed by atoms with E-state index in [1.807, 2.05) is 0 Å². The third kappa shape index (κ3) is 1.27. The number of aryl methyl sites for hydroxylation is 2. The molecule has 1 atom stereocenters. The fraction of sp³-hybridized carbons (Fsp3) is 0.667. The highest BCUT2D eigenvalue weighted by molar-refractivity contribution is 7.11. The van der Waals surface area contributed by atoms with Gasteiger partial charge in [0.15, 0.2) is 0 Å². The summed E-state index contributed by atoms with van der Waals surface area (Å²) in [7, 11) is 0. The second kappa shape index (κ2) is 3.15. The van der Waals surface area contributed by atoms with Crippen LogP contribution in [0, 0.1) is 0 Å². The van der Waals surface area contributed by atoms with Crippen molar-refractivity contribution in [1.29, 1.82) is 0 Å². The van der Waals surface area contributed by atoms with Gasteiger partial charge < -0.3 is 5.11 Å². The first-order valence-corrected chi connectivity index (χ1v) is 5.29. The number of hydrogen-bond acceptors (Lipinski definition) is 3. The lowest BCUT2D eigenvalue weighted by Crippen LogP contribution is -2.06. The smallest absolute Gasteiger partial charge is 0.0929 e. The molecule has 1 unspecified atom stereocenters. The summed E-state index contributed by atoms with van der Waals surface area (Å²) in [6, 6.07) is 0. The van der Waals surface area contributed by atoms with Gasteiger partial charge in [0.1, 0.15) is 0 Å². The van der Waals surface area contributed by atoms with E-state index in [1.54, 1.807) is 11.3 Å². The van der Waals surface area contributed by atoms with Gasteiger partial charge in [-0.05, 0) is 25.7 Å². The van der Waals surface area contributed by atoms with E-state index in [-0.39, 0.29) is 6.10 Å². The standard InChI is InChI=1S/C9H13NOS/c1-2-8-10-6-4-3-5-7(11)9(6)12-8/h7,11H,2-5H2,1H3. The Bertz CT molecular complexity index is 282. The summed E-state index contributed by atoms with van der Waals surface area (Å²) in [5.41, 5.74) is 1.15. The molecule has 1 N–H and O–H groups in total. The Balaban J connectivity index is 2.37. The molecular formula is C9H13NOS. The third-order valence-corrected chi connectivity index (χ3v) is 3.61. The highest BCUT2D eigenvalue weighted by Crippen LogP contribution is 2.33. The lowest BCUT2D eigenvalue weighted by molar-refractivity contribution is 0.160. The second-order valence-electron chi connectivity index (χ2n) is 3.18. The predicted octanol–water partition coefficient (Wildman–Crippen LogP) is 2.08. The summed E-state index contributed by atoms with van der Waals surface area (Å²) in [4.78, 5) is 5.60. The van der Waals surface area contributed by atoms with Crippen molar-refractivity contribution in [2.45, 2.75) is 38.7 Å². The van der Waals surface area contributed by atoms with E-state index in [9.17, 15) is 5.11 Å². The van der Waals surface area contributed by atoms with Gasteiger partial charge in [-0.25, -0.2) is 4.98 Å². The van der Waals surface area contributed by atoms with E-state index >= 15 is 0 Å². The first-order chi connectivity index (χ1) is 5.81. The lowest BCUT2D eigenvalue weighted by atomic mass is 10.0. The summed E-state index contributed by atoms with van der Waals surface area (Å²) in [6.45, 7) is 2.11. The van der Waals surface area contributed by atoms with Crippen LogP contribution in [-0.2, 0) is 12.8 Å². The van der Waals surface area contributed by atoms with Gasteiger partial charge in [0.25, 0.3) is 0 Å². The maximum absolute atomic E-state index is 9.64. The van der Waals surface area contributed by atoms with Crippen LogP contribution in [0.3, 0.4) is 0 Å². The molecule has 0 fully saturated rings. The molecule has 3 heteroatoms. The van der Waals surface area contributed by atoms with Crippen molar-refractivity contribution in [3.05, 3.63) is 15.6 Å². The van der Waals surface area contributed by atoms with Crippen molar-refractivity contribution >= 4 is 11.3 Å². The highest BCUT2D eigenvalue weighted by atomic mass is 32.1. The predicted molar refractivity (Wildman–Crippen MR) is 49.4 cm³/mol. The van der Waals surface area contributed by atoms with Gasteiger partial charge in [0, 0.05) is 0 Å². The molecule has 1 aliphatic carbocycles. The molecule has 2 rings (SSSR count). The molecule has 0 amide bonds. The summed E-state index contributed by atoms with van der Waals surface area (Å²) in [5.74, 6) is 0. The van der Waals surface area contributed by atoms with Crippen LogP contribution in [0.5, 0.6) is 0 Å². The molecule has 0 radical (unpaired) electrons. The van der Waals surface area contributed by atoms with E-state index in [1.165, 1.54) is 5.01 Å². The summed E-state index contributed by atoms with van der Waals surface area (Å²) >= 11 is 1.68. The van der Waals surface area contributed by atoms with Gasteiger partial charge in [-0.1, -0.05) is 6.92 Å². The minimum absolute atomic E-state index is 0.230. The Morgan fingerprint density at radius 3 is 3.17 bits per heavy atom. The summed E-state index contributed by atoms with van der Waals surface area (Å²) < 4.78 is 0. The van der Waals surface area contributed by atoms with Crippen LogP contribution in [0.1, 0.15) is 41.4 Å². The van der Waals surface area contributed by atoms with Crippen LogP contribution in [0.15, 0.2) is 0 Å². The van der Waals surface area contributed by atoms with Crippen molar-refractivity contribution in [3.8, 4) is 0 Å². The quantitative estimate of drug-likeness (QED) is 0.723. The molecule has 0 saturated heterocycles. The zero-order chi connectivity index (χ0) is 8.55. The minimum atomic E-state index is -0.230. The minimum Gasteiger partial charge on any atom is -0.388 e.